The lowest BCUT2D eigenvalue weighted by atomic mass is 10.1. The van der Waals surface area contributed by atoms with Gasteiger partial charge in [-0.25, -0.2) is 4.79 Å². The van der Waals surface area contributed by atoms with Crippen molar-refractivity contribution in [2.45, 2.75) is 32.6 Å². The molecule has 0 aliphatic carbocycles. The fourth-order valence-electron chi connectivity index (χ4n) is 2.48. The Hall–Kier alpha value is -2.42. The van der Waals surface area contributed by atoms with E-state index in [1.54, 1.807) is 11.3 Å². The van der Waals surface area contributed by atoms with Crippen molar-refractivity contribution in [3.63, 3.8) is 0 Å². The summed E-state index contributed by atoms with van der Waals surface area (Å²) in [6.07, 6.45) is 4.53. The van der Waals surface area contributed by atoms with E-state index in [-0.39, 0.29) is 17.2 Å². The predicted molar refractivity (Wildman–Crippen MR) is 129 cm³/mol. The van der Waals surface area contributed by atoms with Crippen LogP contribution in [0.15, 0.2) is 52.8 Å². The lowest BCUT2D eigenvalue weighted by Crippen LogP contribution is -2.12. The van der Waals surface area contributed by atoms with Gasteiger partial charge >= 0.3 is 5.97 Å². The van der Waals surface area contributed by atoms with Crippen LogP contribution in [0, 0.1) is 0 Å². The number of carboxylic acids is 1. The van der Waals surface area contributed by atoms with Crippen molar-refractivity contribution < 1.29 is 19.8 Å². The van der Waals surface area contributed by atoms with Crippen LogP contribution in [0.1, 0.15) is 47.8 Å². The number of thioether (sulfide) groups is 1. The maximum atomic E-state index is 12.1. The molecule has 5 nitrogen and oxygen atoms in total. The highest BCUT2D eigenvalue weighted by molar-refractivity contribution is 8.25. The molecule has 1 aromatic heterocycles. The van der Waals surface area contributed by atoms with E-state index in [4.69, 9.17) is 17.3 Å². The number of phenols is 1. The molecule has 30 heavy (non-hydrogen) atoms. The molecule has 3 N–H and O–H groups in total. The van der Waals surface area contributed by atoms with Crippen molar-refractivity contribution in [3.8, 4) is 5.75 Å². The second-order valence-electron chi connectivity index (χ2n) is 6.57. The van der Waals surface area contributed by atoms with E-state index in [1.807, 2.05) is 24.4 Å². The van der Waals surface area contributed by atoms with Crippen molar-refractivity contribution in [2.75, 3.05) is 5.32 Å². The van der Waals surface area contributed by atoms with E-state index in [0.717, 1.165) is 26.0 Å². The first-order chi connectivity index (χ1) is 14.3. The summed E-state index contributed by atoms with van der Waals surface area (Å²) in [5.41, 5.74) is 1.05. The molecule has 1 amide bonds. The molecule has 0 aliphatic rings. The van der Waals surface area contributed by atoms with Gasteiger partial charge in [-0.2, -0.15) is 0 Å². The quantitative estimate of drug-likeness (QED) is 0.166. The summed E-state index contributed by atoms with van der Waals surface area (Å²) in [6, 6.07) is 7.99. The van der Waals surface area contributed by atoms with Gasteiger partial charge in [-0.3, -0.25) is 4.79 Å². The molecule has 0 bridgehead atoms. The molecular weight excluding hydrogens is 438 g/mol. The first-order valence-corrected chi connectivity index (χ1v) is 11.3. The summed E-state index contributed by atoms with van der Waals surface area (Å²) in [5, 5.41) is 23.2. The Morgan fingerprint density at radius 3 is 2.63 bits per heavy atom. The topological polar surface area (TPSA) is 86.6 Å². The van der Waals surface area contributed by atoms with Crippen LogP contribution >= 0.6 is 35.3 Å². The number of rotatable bonds is 10. The van der Waals surface area contributed by atoms with E-state index in [9.17, 15) is 14.7 Å². The van der Waals surface area contributed by atoms with Crippen LogP contribution in [0.3, 0.4) is 0 Å². The lowest BCUT2D eigenvalue weighted by molar-refractivity contribution is -0.116. The molecular formula is C22H23NO4S3. The highest BCUT2D eigenvalue weighted by Crippen LogP contribution is 2.30. The molecule has 0 spiro atoms. The summed E-state index contributed by atoms with van der Waals surface area (Å²) in [5.74, 6) is -1.80. The van der Waals surface area contributed by atoms with Crippen LogP contribution in [0.25, 0.3) is 6.08 Å². The molecule has 0 aliphatic heterocycles. The van der Waals surface area contributed by atoms with E-state index >= 15 is 0 Å². The molecule has 2 aromatic rings. The van der Waals surface area contributed by atoms with Gasteiger partial charge in [0.2, 0.25) is 5.91 Å². The summed E-state index contributed by atoms with van der Waals surface area (Å²) in [7, 11) is 0. The van der Waals surface area contributed by atoms with E-state index in [2.05, 4.69) is 18.0 Å². The van der Waals surface area contributed by atoms with E-state index < -0.39 is 5.97 Å². The number of anilines is 1. The van der Waals surface area contributed by atoms with Gasteiger partial charge in [0.05, 0.1) is 4.20 Å². The maximum Gasteiger partial charge on any atom is 0.339 e. The summed E-state index contributed by atoms with van der Waals surface area (Å²) in [4.78, 5) is 25.3. The van der Waals surface area contributed by atoms with Gasteiger partial charge in [0.15, 0.2) is 0 Å². The fourth-order valence-corrected chi connectivity index (χ4v) is 4.48. The molecule has 0 unspecified atom stereocenters. The van der Waals surface area contributed by atoms with E-state index in [1.165, 1.54) is 30.0 Å². The van der Waals surface area contributed by atoms with Crippen LogP contribution in [-0.4, -0.2) is 26.3 Å². The standard InChI is InChI=1S/C22H23NO4S3/c1-14(2)19(13-16-6-5-11-29-16)30-21(28)8-4-3-7-20(25)23-15-9-10-18(24)17(12-15)22(26)27/h5-6,9-13,24H,1,3-4,7-8H2,2H3,(H,23,25)(H,26,27)/b19-13-. The molecule has 0 atom stereocenters. The second kappa shape index (κ2) is 11.7. The predicted octanol–water partition coefficient (Wildman–Crippen LogP) is 6.33. The second-order valence-corrected chi connectivity index (χ2v) is 9.44. The number of hydrogen-bond acceptors (Lipinski definition) is 6. The van der Waals surface area contributed by atoms with Crippen molar-refractivity contribution in [2.24, 2.45) is 0 Å². The van der Waals surface area contributed by atoms with Crippen molar-refractivity contribution in [1.82, 2.24) is 0 Å². The first-order valence-electron chi connectivity index (χ1n) is 9.24. The average molecular weight is 462 g/mol. The number of hydrogen-bond donors (Lipinski definition) is 3. The van der Waals surface area contributed by atoms with Gasteiger partial charge in [0, 0.05) is 21.9 Å². The zero-order chi connectivity index (χ0) is 22.1. The molecule has 1 aromatic carbocycles. The third-order valence-electron chi connectivity index (χ3n) is 4.01. The highest BCUT2D eigenvalue weighted by atomic mass is 32.2. The van der Waals surface area contributed by atoms with Crippen LogP contribution in [0.2, 0.25) is 0 Å². The zero-order valence-electron chi connectivity index (χ0n) is 16.5. The Balaban J connectivity index is 1.77. The maximum absolute atomic E-state index is 12.1. The third-order valence-corrected chi connectivity index (χ3v) is 6.40. The number of aromatic carboxylic acids is 1. The minimum Gasteiger partial charge on any atom is -0.507 e. The molecule has 2 rings (SSSR count). The van der Waals surface area contributed by atoms with Gasteiger partial charge < -0.3 is 15.5 Å². The van der Waals surface area contributed by atoms with Crippen LogP contribution in [0.4, 0.5) is 5.69 Å². The minimum absolute atomic E-state index is 0.212. The number of thiophene rings is 1. The Morgan fingerprint density at radius 1 is 1.27 bits per heavy atom. The molecule has 8 heteroatoms. The number of nitrogens with one attached hydrogen (secondary N) is 1. The van der Waals surface area contributed by atoms with Gasteiger partial charge in [0.25, 0.3) is 0 Å². The number of benzene rings is 1. The van der Waals surface area contributed by atoms with Crippen molar-refractivity contribution in [3.05, 3.63) is 63.2 Å². The highest BCUT2D eigenvalue weighted by Gasteiger charge is 2.12. The van der Waals surface area contributed by atoms with Crippen LogP contribution in [-0.2, 0) is 4.79 Å². The number of carbonyl (C=O) groups is 2. The number of aromatic hydroxyl groups is 1. The lowest BCUT2D eigenvalue weighted by Gasteiger charge is -2.09. The van der Waals surface area contributed by atoms with Gasteiger partial charge in [-0.1, -0.05) is 36.6 Å². The first kappa shape index (κ1) is 23.9. The number of carboxylic acid groups (broad SMARTS) is 1. The van der Waals surface area contributed by atoms with Gasteiger partial charge in [-0.05, 0) is 67.5 Å². The van der Waals surface area contributed by atoms with Crippen molar-refractivity contribution >= 4 is 63.2 Å². The number of amides is 1. The Kier molecular flexibility index (Phi) is 9.29. The zero-order valence-corrected chi connectivity index (χ0v) is 19.0. The number of thiocarbonyl (C=S) groups is 1. The SMILES string of the molecule is C=C(C)/C(=C/c1cccs1)SC(=S)CCCCC(=O)Nc1ccc(O)c(C(=O)O)c1. The minimum atomic E-state index is -1.25. The Morgan fingerprint density at radius 2 is 2.00 bits per heavy atom. The smallest absolute Gasteiger partial charge is 0.339 e. The number of allylic oxidation sites excluding steroid dienone is 1. The van der Waals surface area contributed by atoms with Crippen molar-refractivity contribution in [1.29, 1.82) is 0 Å². The Labute approximate surface area is 189 Å². The summed E-state index contributed by atoms with van der Waals surface area (Å²) < 4.78 is 0.853. The molecule has 0 saturated carbocycles. The monoisotopic (exact) mass is 461 g/mol. The van der Waals surface area contributed by atoms with Crippen LogP contribution in [0.5, 0.6) is 5.75 Å². The molecule has 0 radical (unpaired) electrons. The number of unbranched alkanes of at least 4 members (excludes halogenated alkanes) is 1. The van der Waals surface area contributed by atoms with Gasteiger partial charge in [0.1, 0.15) is 11.3 Å². The molecule has 1 heterocycles. The summed E-state index contributed by atoms with van der Waals surface area (Å²) >= 11 is 8.68. The Bertz CT molecular complexity index is 965. The molecule has 0 saturated heterocycles. The fraction of sp³-hybridized carbons (Fsp3) is 0.227. The van der Waals surface area contributed by atoms with E-state index in [0.29, 0.717) is 24.9 Å². The normalized spacial score (nSPS) is 11.2. The van der Waals surface area contributed by atoms with Crippen LogP contribution < -0.4 is 5.32 Å². The molecule has 0 fully saturated rings. The molecule has 158 valence electrons. The third kappa shape index (κ3) is 7.78. The average Bonchev–Trinajstić information content (AvgIpc) is 3.19. The largest absolute Gasteiger partial charge is 0.507 e. The summed E-state index contributed by atoms with van der Waals surface area (Å²) in [6.45, 7) is 5.98. The van der Waals surface area contributed by atoms with Gasteiger partial charge in [-0.15, -0.1) is 11.3 Å². The number of carbonyl (C=O) groups excluding carboxylic acids is 1.